The number of methoxy groups -OCH3 is 1. The number of benzene rings is 1. The molecule has 5 nitrogen and oxygen atoms in total. The van der Waals surface area contributed by atoms with E-state index in [4.69, 9.17) is 18.6 Å². The summed E-state index contributed by atoms with van der Waals surface area (Å²) in [5.74, 6) is 1.24. The van der Waals surface area contributed by atoms with Crippen LogP contribution in [0.1, 0.15) is 58.9 Å². The summed E-state index contributed by atoms with van der Waals surface area (Å²) in [6.45, 7) is 14.7. The first kappa shape index (κ1) is 26.0. The summed E-state index contributed by atoms with van der Waals surface area (Å²) >= 11 is 0. The van der Waals surface area contributed by atoms with Crippen LogP contribution >= 0.6 is 0 Å². The van der Waals surface area contributed by atoms with E-state index in [-0.39, 0.29) is 23.4 Å². The summed E-state index contributed by atoms with van der Waals surface area (Å²) in [6.07, 6.45) is 4.26. The molecule has 6 heteroatoms. The van der Waals surface area contributed by atoms with Gasteiger partial charge in [-0.15, -0.1) is 0 Å². The Hall–Kier alpha value is -1.21. The molecule has 1 unspecified atom stereocenters. The number of carbonyl (C=O) groups excluding carboxylic acids is 1. The molecule has 0 N–H and O–H groups in total. The largest absolute Gasteiger partial charge is 0.497 e. The third-order valence-corrected chi connectivity index (χ3v) is 11.1. The Morgan fingerprint density at radius 1 is 1.19 bits per heavy atom. The number of carbonyl (C=O) groups is 1. The maximum Gasteiger partial charge on any atom is 0.192 e. The van der Waals surface area contributed by atoms with Crippen LogP contribution in [0.3, 0.4) is 0 Å². The van der Waals surface area contributed by atoms with Crippen LogP contribution in [-0.2, 0) is 25.3 Å². The van der Waals surface area contributed by atoms with Crippen molar-refractivity contribution in [3.63, 3.8) is 0 Å². The van der Waals surface area contributed by atoms with Crippen molar-refractivity contribution in [1.29, 1.82) is 0 Å². The SMILES string of the molecule is COc1ccc(COC[C@H](C)C[C@@H]2CCC(O[Si](C)(C)C(C)(C)C)[C@@H](CC=O)O2)cc1. The molecule has 31 heavy (non-hydrogen) atoms. The molecule has 0 radical (unpaired) electrons. The van der Waals surface area contributed by atoms with Gasteiger partial charge in [0.05, 0.1) is 32.0 Å². The lowest BCUT2D eigenvalue weighted by Crippen LogP contribution is -2.50. The van der Waals surface area contributed by atoms with E-state index in [1.54, 1.807) is 7.11 Å². The van der Waals surface area contributed by atoms with Crippen molar-refractivity contribution in [3.8, 4) is 5.75 Å². The van der Waals surface area contributed by atoms with E-state index >= 15 is 0 Å². The van der Waals surface area contributed by atoms with E-state index in [1.807, 2.05) is 24.3 Å². The zero-order chi connectivity index (χ0) is 23.1. The van der Waals surface area contributed by atoms with E-state index < -0.39 is 8.32 Å². The lowest BCUT2D eigenvalue weighted by molar-refractivity contribution is -0.132. The van der Waals surface area contributed by atoms with Crippen LogP contribution in [0, 0.1) is 5.92 Å². The van der Waals surface area contributed by atoms with Crippen LogP contribution < -0.4 is 4.74 Å². The molecule has 0 aliphatic carbocycles. The summed E-state index contributed by atoms with van der Waals surface area (Å²) in [6, 6.07) is 7.96. The molecule has 1 saturated heterocycles. The molecule has 2 rings (SSSR count). The molecule has 0 bridgehead atoms. The molecule has 0 aromatic heterocycles. The molecule has 1 fully saturated rings. The molecule has 0 saturated carbocycles. The maximum absolute atomic E-state index is 11.3. The molecular formula is C25H42O5Si. The first-order valence-corrected chi connectivity index (χ1v) is 14.4. The highest BCUT2D eigenvalue weighted by atomic mass is 28.4. The Labute approximate surface area is 189 Å². The smallest absolute Gasteiger partial charge is 0.192 e. The van der Waals surface area contributed by atoms with Gasteiger partial charge in [0.2, 0.25) is 0 Å². The highest BCUT2D eigenvalue weighted by Gasteiger charge is 2.42. The van der Waals surface area contributed by atoms with Gasteiger partial charge in [-0.25, -0.2) is 0 Å². The van der Waals surface area contributed by atoms with Gasteiger partial charge in [-0.05, 0) is 61.0 Å². The van der Waals surface area contributed by atoms with Crippen LogP contribution in [0.4, 0.5) is 0 Å². The first-order chi connectivity index (χ1) is 14.6. The van der Waals surface area contributed by atoms with Gasteiger partial charge in [0, 0.05) is 13.0 Å². The van der Waals surface area contributed by atoms with E-state index in [2.05, 4.69) is 40.8 Å². The molecule has 1 heterocycles. The van der Waals surface area contributed by atoms with Crippen molar-refractivity contribution < 1.29 is 23.4 Å². The highest BCUT2D eigenvalue weighted by molar-refractivity contribution is 6.74. The Kier molecular flexibility index (Phi) is 9.74. The van der Waals surface area contributed by atoms with E-state index in [9.17, 15) is 4.79 Å². The average molecular weight is 451 g/mol. The zero-order valence-corrected chi connectivity index (χ0v) is 21.5. The summed E-state index contributed by atoms with van der Waals surface area (Å²) in [5.41, 5.74) is 1.14. The van der Waals surface area contributed by atoms with Gasteiger partial charge in [0.15, 0.2) is 8.32 Å². The fraction of sp³-hybridized carbons (Fsp3) is 0.720. The lowest BCUT2D eigenvalue weighted by atomic mass is 9.94. The molecule has 0 spiro atoms. The van der Waals surface area contributed by atoms with E-state index in [0.717, 1.165) is 36.9 Å². The van der Waals surface area contributed by atoms with Crippen molar-refractivity contribution in [1.82, 2.24) is 0 Å². The van der Waals surface area contributed by atoms with Crippen molar-refractivity contribution in [2.75, 3.05) is 13.7 Å². The summed E-state index contributed by atoms with van der Waals surface area (Å²) in [7, 11) is -0.228. The Balaban J connectivity index is 1.81. The lowest BCUT2D eigenvalue weighted by Gasteiger charge is -2.44. The van der Waals surface area contributed by atoms with Gasteiger partial charge in [-0.1, -0.05) is 39.8 Å². The van der Waals surface area contributed by atoms with Crippen LogP contribution in [0.25, 0.3) is 0 Å². The van der Waals surface area contributed by atoms with Crippen LogP contribution in [0.5, 0.6) is 5.75 Å². The molecule has 1 aliphatic rings. The monoisotopic (exact) mass is 450 g/mol. The number of rotatable bonds is 11. The minimum Gasteiger partial charge on any atom is -0.497 e. The van der Waals surface area contributed by atoms with E-state index in [0.29, 0.717) is 25.6 Å². The Bertz CT molecular complexity index is 667. The van der Waals surface area contributed by atoms with Crippen LogP contribution in [-0.4, -0.2) is 46.6 Å². The summed E-state index contributed by atoms with van der Waals surface area (Å²) < 4.78 is 24.1. The first-order valence-electron chi connectivity index (χ1n) is 11.5. The Morgan fingerprint density at radius 3 is 2.45 bits per heavy atom. The topological polar surface area (TPSA) is 54.0 Å². The Morgan fingerprint density at radius 2 is 1.87 bits per heavy atom. The van der Waals surface area contributed by atoms with Crippen molar-refractivity contribution in [2.45, 2.75) is 96.4 Å². The molecule has 176 valence electrons. The van der Waals surface area contributed by atoms with Gasteiger partial charge in [0.25, 0.3) is 0 Å². The second-order valence-corrected chi connectivity index (χ2v) is 15.2. The van der Waals surface area contributed by atoms with Gasteiger partial charge in [-0.2, -0.15) is 0 Å². The molecule has 4 atom stereocenters. The predicted octanol–water partition coefficient (Wildman–Crippen LogP) is 5.77. The normalized spacial score (nSPS) is 23.4. The van der Waals surface area contributed by atoms with Crippen molar-refractivity contribution in [3.05, 3.63) is 29.8 Å². The number of hydrogen-bond donors (Lipinski definition) is 0. The number of aldehydes is 1. The average Bonchev–Trinajstić information content (AvgIpc) is 2.69. The third-order valence-electron chi connectivity index (χ3n) is 6.63. The van der Waals surface area contributed by atoms with Crippen molar-refractivity contribution in [2.24, 2.45) is 5.92 Å². The third kappa shape index (κ3) is 8.01. The van der Waals surface area contributed by atoms with Gasteiger partial charge >= 0.3 is 0 Å². The fourth-order valence-electron chi connectivity index (χ4n) is 3.72. The minimum absolute atomic E-state index is 0.0176. The van der Waals surface area contributed by atoms with Gasteiger partial charge < -0.3 is 23.4 Å². The number of ether oxygens (including phenoxy) is 3. The van der Waals surface area contributed by atoms with E-state index in [1.165, 1.54) is 0 Å². The highest BCUT2D eigenvalue weighted by Crippen LogP contribution is 2.40. The van der Waals surface area contributed by atoms with Crippen LogP contribution in [0.15, 0.2) is 24.3 Å². The predicted molar refractivity (Wildman–Crippen MR) is 127 cm³/mol. The number of hydrogen-bond acceptors (Lipinski definition) is 5. The van der Waals surface area contributed by atoms with Crippen molar-refractivity contribution >= 4 is 14.6 Å². The quantitative estimate of drug-likeness (QED) is 0.317. The minimum atomic E-state index is -1.90. The molecule has 1 aliphatic heterocycles. The summed E-state index contributed by atoms with van der Waals surface area (Å²) in [5, 5.41) is 0.144. The zero-order valence-electron chi connectivity index (χ0n) is 20.5. The molecule has 0 amide bonds. The second-order valence-electron chi connectivity index (χ2n) is 10.4. The fourth-order valence-corrected chi connectivity index (χ4v) is 5.10. The molecular weight excluding hydrogens is 408 g/mol. The summed E-state index contributed by atoms with van der Waals surface area (Å²) in [4.78, 5) is 11.3. The molecule has 1 aromatic carbocycles. The second kappa shape index (κ2) is 11.6. The van der Waals surface area contributed by atoms with Crippen LogP contribution in [0.2, 0.25) is 18.1 Å². The van der Waals surface area contributed by atoms with Gasteiger partial charge in [0.1, 0.15) is 12.0 Å². The van der Waals surface area contributed by atoms with Gasteiger partial charge in [-0.3, -0.25) is 0 Å². The molecule has 1 aromatic rings. The maximum atomic E-state index is 11.3. The standard InChI is InChI=1S/C25H42O5Si/c1-19(17-28-18-20-8-10-21(27-5)11-9-20)16-22-12-13-24(23(29-22)14-15-26)30-31(6,7)25(2,3)4/h8-11,15,19,22-24H,12-14,16-18H2,1-7H3/t19-,22+,23-,24?/m1/s1.